The summed E-state index contributed by atoms with van der Waals surface area (Å²) in [5.74, 6) is -0.505. The largest absolute Gasteiger partial charge is 0.492 e. The van der Waals surface area contributed by atoms with E-state index in [2.05, 4.69) is 5.32 Å². The molecule has 0 aliphatic rings. The van der Waals surface area contributed by atoms with Crippen LogP contribution in [0.2, 0.25) is 0 Å². The zero-order valence-corrected chi connectivity index (χ0v) is 23.9. The molecule has 1 atom stereocenters. The van der Waals surface area contributed by atoms with E-state index in [0.29, 0.717) is 12.4 Å². The van der Waals surface area contributed by atoms with Gasteiger partial charge in [0, 0.05) is 12.6 Å². The van der Waals surface area contributed by atoms with E-state index in [4.69, 9.17) is 4.74 Å². The van der Waals surface area contributed by atoms with Gasteiger partial charge in [-0.25, -0.2) is 8.42 Å². The number of rotatable bonds is 12. The molecular weight excluding hydrogens is 514 g/mol. The smallest absolute Gasteiger partial charge is 0.264 e. The molecule has 2 amide bonds. The summed E-state index contributed by atoms with van der Waals surface area (Å²) in [6, 6.07) is 21.4. The number of hydrogen-bond acceptors (Lipinski definition) is 5. The van der Waals surface area contributed by atoms with Gasteiger partial charge in [0.15, 0.2) is 0 Å². The number of ether oxygens (including phenoxy) is 1. The van der Waals surface area contributed by atoms with Crippen LogP contribution in [0.5, 0.6) is 5.75 Å². The molecular formula is C30H37N3O5S. The van der Waals surface area contributed by atoms with E-state index < -0.39 is 28.5 Å². The van der Waals surface area contributed by atoms with Crippen LogP contribution in [0.15, 0.2) is 83.8 Å². The van der Waals surface area contributed by atoms with Crippen LogP contribution >= 0.6 is 0 Å². The Kier molecular flexibility index (Phi) is 10.1. The van der Waals surface area contributed by atoms with Gasteiger partial charge < -0.3 is 15.0 Å². The van der Waals surface area contributed by atoms with E-state index in [-0.39, 0.29) is 29.1 Å². The Balaban J connectivity index is 2.07. The third-order valence-corrected chi connectivity index (χ3v) is 7.85. The molecule has 0 saturated heterocycles. The first-order valence-corrected chi connectivity index (χ1v) is 14.4. The van der Waals surface area contributed by atoms with Gasteiger partial charge in [-0.2, -0.15) is 0 Å². The standard InChI is InChI=1S/C30H37N3O5S/c1-6-38-28-18-11-10-17-27(28)33(39(36,37)26-15-8-7-9-16-26)21-29(34)32(24(5)30(35)31-22(2)3)20-25-14-12-13-23(4)19-25/h7-19,22,24H,6,20-21H2,1-5H3,(H,31,35)/t24-/m1/s1. The number of aryl methyl sites for hydroxylation is 1. The van der Waals surface area contributed by atoms with Crippen LogP contribution < -0.4 is 14.4 Å². The molecule has 8 nitrogen and oxygen atoms in total. The van der Waals surface area contributed by atoms with Gasteiger partial charge in [0.25, 0.3) is 10.0 Å². The predicted molar refractivity (Wildman–Crippen MR) is 153 cm³/mol. The number of nitrogens with zero attached hydrogens (tertiary/aromatic N) is 2. The number of carbonyl (C=O) groups excluding carboxylic acids is 2. The first kappa shape index (κ1) is 29.7. The highest BCUT2D eigenvalue weighted by Gasteiger charge is 2.33. The Morgan fingerprint density at radius 3 is 2.23 bits per heavy atom. The lowest BCUT2D eigenvalue weighted by atomic mass is 10.1. The normalized spacial score (nSPS) is 12.1. The van der Waals surface area contributed by atoms with Crippen molar-refractivity contribution >= 4 is 27.5 Å². The van der Waals surface area contributed by atoms with Crippen LogP contribution in [0.4, 0.5) is 5.69 Å². The molecule has 0 heterocycles. The number of para-hydroxylation sites is 2. The molecule has 3 aromatic rings. The minimum atomic E-state index is -4.16. The molecule has 0 aromatic heterocycles. The summed E-state index contributed by atoms with van der Waals surface area (Å²) in [6.45, 7) is 9.02. The van der Waals surface area contributed by atoms with Crippen LogP contribution in [0, 0.1) is 6.92 Å². The van der Waals surface area contributed by atoms with Gasteiger partial charge in [-0.3, -0.25) is 13.9 Å². The monoisotopic (exact) mass is 551 g/mol. The first-order chi connectivity index (χ1) is 18.5. The van der Waals surface area contributed by atoms with E-state index in [1.165, 1.54) is 17.0 Å². The predicted octanol–water partition coefficient (Wildman–Crippen LogP) is 4.53. The van der Waals surface area contributed by atoms with Crippen molar-refractivity contribution < 1.29 is 22.7 Å². The number of amides is 2. The minimum absolute atomic E-state index is 0.0416. The SMILES string of the molecule is CCOc1ccccc1N(CC(=O)N(Cc1cccc(C)c1)[C@H](C)C(=O)NC(C)C)S(=O)(=O)c1ccccc1. The van der Waals surface area contributed by atoms with Gasteiger partial charge in [0.1, 0.15) is 18.3 Å². The third kappa shape index (κ3) is 7.60. The molecule has 3 rings (SSSR count). The molecule has 0 radical (unpaired) electrons. The fraction of sp³-hybridized carbons (Fsp3) is 0.333. The molecule has 0 unspecified atom stereocenters. The fourth-order valence-corrected chi connectivity index (χ4v) is 5.61. The minimum Gasteiger partial charge on any atom is -0.492 e. The van der Waals surface area contributed by atoms with Crippen LogP contribution in [0.3, 0.4) is 0 Å². The molecule has 9 heteroatoms. The fourth-order valence-electron chi connectivity index (χ4n) is 4.17. The Labute approximate surface area is 231 Å². The highest BCUT2D eigenvalue weighted by molar-refractivity contribution is 7.92. The Bertz CT molecular complexity index is 1380. The molecule has 0 aliphatic carbocycles. The second kappa shape index (κ2) is 13.3. The summed E-state index contributed by atoms with van der Waals surface area (Å²) < 4.78 is 34.6. The van der Waals surface area contributed by atoms with Crippen LogP contribution in [0.1, 0.15) is 38.8 Å². The van der Waals surface area contributed by atoms with Gasteiger partial charge in [0.2, 0.25) is 11.8 Å². The number of sulfonamides is 1. The Hall–Kier alpha value is -3.85. The second-order valence-electron chi connectivity index (χ2n) is 9.58. The average molecular weight is 552 g/mol. The summed E-state index contributed by atoms with van der Waals surface area (Å²) in [5, 5.41) is 2.86. The lowest BCUT2D eigenvalue weighted by Gasteiger charge is -2.32. The maximum atomic E-state index is 14.0. The van der Waals surface area contributed by atoms with Gasteiger partial charge in [0.05, 0.1) is 17.2 Å². The maximum Gasteiger partial charge on any atom is 0.264 e. The van der Waals surface area contributed by atoms with Crippen molar-refractivity contribution in [2.45, 2.75) is 58.1 Å². The number of carbonyl (C=O) groups is 2. The quantitative estimate of drug-likeness (QED) is 0.357. The van der Waals surface area contributed by atoms with Crippen molar-refractivity contribution in [3.05, 3.63) is 90.0 Å². The lowest BCUT2D eigenvalue weighted by molar-refractivity contribution is -0.139. The Morgan fingerprint density at radius 2 is 1.59 bits per heavy atom. The van der Waals surface area contributed by atoms with Crippen LogP contribution in [0.25, 0.3) is 0 Å². The van der Waals surface area contributed by atoms with Crippen molar-refractivity contribution in [1.82, 2.24) is 10.2 Å². The van der Waals surface area contributed by atoms with Crippen molar-refractivity contribution in [3.8, 4) is 5.75 Å². The number of nitrogens with one attached hydrogen (secondary N) is 1. The first-order valence-electron chi connectivity index (χ1n) is 13.0. The highest BCUT2D eigenvalue weighted by atomic mass is 32.2. The Morgan fingerprint density at radius 1 is 0.923 bits per heavy atom. The third-order valence-electron chi connectivity index (χ3n) is 6.08. The highest BCUT2D eigenvalue weighted by Crippen LogP contribution is 2.32. The maximum absolute atomic E-state index is 14.0. The molecule has 1 N–H and O–H groups in total. The van der Waals surface area contributed by atoms with E-state index in [1.807, 2.05) is 45.0 Å². The summed E-state index contributed by atoms with van der Waals surface area (Å²) >= 11 is 0. The van der Waals surface area contributed by atoms with Gasteiger partial charge in [-0.05, 0) is 64.4 Å². The van der Waals surface area contributed by atoms with E-state index in [9.17, 15) is 18.0 Å². The van der Waals surface area contributed by atoms with Crippen molar-refractivity contribution in [2.75, 3.05) is 17.5 Å². The van der Waals surface area contributed by atoms with Gasteiger partial charge in [-0.15, -0.1) is 0 Å². The molecule has 3 aromatic carbocycles. The molecule has 0 fully saturated rings. The second-order valence-corrected chi connectivity index (χ2v) is 11.4. The molecule has 0 saturated carbocycles. The summed E-state index contributed by atoms with van der Waals surface area (Å²) in [5.41, 5.74) is 2.09. The molecule has 208 valence electrons. The van der Waals surface area contributed by atoms with Crippen LogP contribution in [-0.4, -0.2) is 50.4 Å². The zero-order valence-electron chi connectivity index (χ0n) is 23.1. The summed E-state index contributed by atoms with van der Waals surface area (Å²) in [6.07, 6.45) is 0. The lowest BCUT2D eigenvalue weighted by Crippen LogP contribution is -2.52. The number of hydrogen-bond donors (Lipinski definition) is 1. The topological polar surface area (TPSA) is 96.0 Å². The molecule has 0 spiro atoms. The van der Waals surface area contributed by atoms with E-state index in [1.54, 1.807) is 56.3 Å². The van der Waals surface area contributed by atoms with Gasteiger partial charge >= 0.3 is 0 Å². The van der Waals surface area contributed by atoms with Crippen molar-refractivity contribution in [2.24, 2.45) is 0 Å². The van der Waals surface area contributed by atoms with Crippen molar-refractivity contribution in [3.63, 3.8) is 0 Å². The van der Waals surface area contributed by atoms with Crippen molar-refractivity contribution in [1.29, 1.82) is 0 Å². The zero-order chi connectivity index (χ0) is 28.6. The molecule has 0 bridgehead atoms. The van der Waals surface area contributed by atoms with Gasteiger partial charge in [-0.1, -0.05) is 60.2 Å². The number of benzene rings is 3. The average Bonchev–Trinajstić information content (AvgIpc) is 2.90. The number of anilines is 1. The summed E-state index contributed by atoms with van der Waals surface area (Å²) in [7, 11) is -4.16. The molecule has 0 aliphatic heterocycles. The van der Waals surface area contributed by atoms with Crippen LogP contribution in [-0.2, 0) is 26.2 Å². The summed E-state index contributed by atoms with van der Waals surface area (Å²) in [4.78, 5) is 28.5. The van der Waals surface area contributed by atoms with E-state index in [0.717, 1.165) is 15.4 Å². The van der Waals surface area contributed by atoms with E-state index >= 15 is 0 Å². The molecule has 39 heavy (non-hydrogen) atoms.